The number of non-ortho nitro benzene ring substituents is 1. The second-order valence-corrected chi connectivity index (χ2v) is 6.78. The molecule has 1 heterocycles. The van der Waals surface area contributed by atoms with E-state index in [2.05, 4.69) is 15.5 Å². The Kier molecular flexibility index (Phi) is 5.57. The summed E-state index contributed by atoms with van der Waals surface area (Å²) in [5.74, 6) is 0. The second kappa shape index (κ2) is 7.47. The summed E-state index contributed by atoms with van der Waals surface area (Å²) >= 11 is 0.808. The molecule has 14 nitrogen and oxygen atoms in total. The molecule has 0 spiro atoms. The molecule has 0 atom stereocenters. The predicted molar refractivity (Wildman–Crippen MR) is 82.8 cm³/mol. The Morgan fingerprint density at radius 3 is 2.60 bits per heavy atom. The lowest BCUT2D eigenvalue weighted by atomic mass is 10.3. The van der Waals surface area contributed by atoms with Crippen LogP contribution < -0.4 is 9.86 Å². The van der Waals surface area contributed by atoms with Gasteiger partial charge in [-0.25, -0.2) is 14.5 Å². The Hall–Kier alpha value is -2.69. The van der Waals surface area contributed by atoms with E-state index in [-0.39, 0.29) is 23.1 Å². The summed E-state index contributed by atoms with van der Waals surface area (Å²) in [4.78, 5) is 20.4. The maximum absolute atomic E-state index is 11.1. The highest BCUT2D eigenvalue weighted by atomic mass is 32.2. The quantitative estimate of drug-likeness (QED) is 0.434. The van der Waals surface area contributed by atoms with Crippen LogP contribution in [0.5, 0.6) is 0 Å². The number of hydrogen-bond donors (Lipinski definition) is 2. The molecule has 0 saturated carbocycles. The van der Waals surface area contributed by atoms with Gasteiger partial charge >= 0.3 is 0 Å². The molecule has 0 aliphatic carbocycles. The highest BCUT2D eigenvalue weighted by Gasteiger charge is 2.22. The molecule has 2 aromatic rings. The van der Waals surface area contributed by atoms with Gasteiger partial charge in [0.05, 0.1) is 27.4 Å². The summed E-state index contributed by atoms with van der Waals surface area (Å²) in [5.41, 5.74) is -0.899. The fraction of sp³-hybridized carbons (Fsp3) is 0.222. The topological polar surface area (TPSA) is 202 Å². The van der Waals surface area contributed by atoms with Crippen molar-refractivity contribution >= 4 is 33.3 Å². The number of aromatic nitrogens is 4. The Morgan fingerprint density at radius 1 is 1.28 bits per heavy atom. The molecule has 1 aromatic heterocycles. The number of nitro groups is 2. The SMILES string of the molecule is NS(=O)(=O)NCCn1nnnc1Sc1ccc([N+](=O)[O-])cc1[N+](=O)[O-]. The minimum atomic E-state index is -3.87. The molecule has 16 heteroatoms. The molecule has 2 rings (SSSR count). The summed E-state index contributed by atoms with van der Waals surface area (Å²) in [5, 5.41) is 37.5. The Labute approximate surface area is 143 Å². The Balaban J connectivity index is 2.22. The molecule has 134 valence electrons. The first-order valence-electron chi connectivity index (χ1n) is 6.31. The third kappa shape index (κ3) is 5.14. The molecule has 1 aromatic carbocycles. The average Bonchev–Trinajstić information content (AvgIpc) is 2.93. The van der Waals surface area contributed by atoms with Gasteiger partial charge in [-0.15, -0.1) is 5.10 Å². The van der Waals surface area contributed by atoms with Crippen LogP contribution in [-0.2, 0) is 16.8 Å². The maximum Gasteiger partial charge on any atom is 0.290 e. The van der Waals surface area contributed by atoms with E-state index in [1.807, 2.05) is 4.72 Å². The number of benzene rings is 1. The van der Waals surface area contributed by atoms with Crippen molar-refractivity contribution in [3.63, 3.8) is 0 Å². The van der Waals surface area contributed by atoms with Gasteiger partial charge in [-0.2, -0.15) is 8.42 Å². The molecule has 0 aliphatic heterocycles. The van der Waals surface area contributed by atoms with Crippen molar-refractivity contribution in [2.45, 2.75) is 16.6 Å². The molecule has 0 fully saturated rings. The van der Waals surface area contributed by atoms with Crippen LogP contribution in [-0.4, -0.2) is 45.0 Å². The second-order valence-electron chi connectivity index (χ2n) is 4.39. The lowest BCUT2D eigenvalue weighted by Gasteiger charge is -2.05. The maximum atomic E-state index is 11.1. The van der Waals surface area contributed by atoms with E-state index in [0.717, 1.165) is 23.9 Å². The zero-order chi connectivity index (χ0) is 18.6. The molecular weight excluding hydrogens is 380 g/mol. The number of nitro benzene ring substituents is 2. The molecule has 0 unspecified atom stereocenters. The van der Waals surface area contributed by atoms with Crippen molar-refractivity contribution < 1.29 is 18.3 Å². The molecule has 3 N–H and O–H groups in total. The molecule has 0 amide bonds. The first-order valence-corrected chi connectivity index (χ1v) is 8.68. The summed E-state index contributed by atoms with van der Waals surface area (Å²) in [6.07, 6.45) is 0. The fourth-order valence-corrected chi connectivity index (χ4v) is 2.91. The third-order valence-corrected chi connectivity index (χ3v) is 4.32. The predicted octanol–water partition coefficient (Wildman–Crippen LogP) is -0.566. The molecular formula is C9H10N8O6S2. The lowest BCUT2D eigenvalue weighted by molar-refractivity contribution is -0.396. The Morgan fingerprint density at radius 2 is 2.00 bits per heavy atom. The van der Waals surface area contributed by atoms with Crippen molar-refractivity contribution in [1.82, 2.24) is 24.9 Å². The van der Waals surface area contributed by atoms with Crippen LogP contribution >= 0.6 is 11.8 Å². The van der Waals surface area contributed by atoms with Gasteiger partial charge < -0.3 is 0 Å². The number of tetrazole rings is 1. The number of nitrogens with zero attached hydrogens (tertiary/aromatic N) is 6. The monoisotopic (exact) mass is 390 g/mol. The minimum absolute atomic E-state index is 0.0204. The van der Waals surface area contributed by atoms with Crippen LogP contribution in [0.1, 0.15) is 0 Å². The van der Waals surface area contributed by atoms with Crippen LogP contribution in [0.3, 0.4) is 0 Å². The van der Waals surface area contributed by atoms with Crippen LogP contribution in [0, 0.1) is 20.2 Å². The van der Waals surface area contributed by atoms with E-state index in [4.69, 9.17) is 5.14 Å². The number of hydrogen-bond acceptors (Lipinski definition) is 10. The molecule has 0 aliphatic rings. The smallest absolute Gasteiger partial charge is 0.258 e. The van der Waals surface area contributed by atoms with E-state index in [0.29, 0.717) is 0 Å². The van der Waals surface area contributed by atoms with E-state index in [9.17, 15) is 28.6 Å². The number of nitrogens with one attached hydrogen (secondary N) is 1. The highest BCUT2D eigenvalue weighted by Crippen LogP contribution is 2.35. The van der Waals surface area contributed by atoms with Crippen molar-refractivity contribution in [1.29, 1.82) is 0 Å². The Bertz CT molecular complexity index is 913. The van der Waals surface area contributed by atoms with Crippen molar-refractivity contribution in [2.75, 3.05) is 6.54 Å². The minimum Gasteiger partial charge on any atom is -0.258 e. The lowest BCUT2D eigenvalue weighted by Crippen LogP contribution is -2.33. The van der Waals surface area contributed by atoms with E-state index < -0.39 is 31.4 Å². The first kappa shape index (κ1) is 18.6. The van der Waals surface area contributed by atoms with Crippen LogP contribution in [0.15, 0.2) is 28.3 Å². The zero-order valence-electron chi connectivity index (χ0n) is 12.2. The van der Waals surface area contributed by atoms with Gasteiger partial charge in [-0.1, -0.05) is 0 Å². The fourth-order valence-electron chi connectivity index (χ4n) is 1.65. The van der Waals surface area contributed by atoms with Crippen molar-refractivity contribution in [2.24, 2.45) is 5.14 Å². The third-order valence-electron chi connectivity index (χ3n) is 2.68. The van der Waals surface area contributed by atoms with Gasteiger partial charge in [0.15, 0.2) is 0 Å². The number of nitrogens with two attached hydrogens (primary N) is 1. The van der Waals surface area contributed by atoms with Crippen LogP contribution in [0.25, 0.3) is 0 Å². The van der Waals surface area contributed by atoms with E-state index in [1.54, 1.807) is 0 Å². The van der Waals surface area contributed by atoms with Crippen LogP contribution in [0.4, 0.5) is 11.4 Å². The van der Waals surface area contributed by atoms with E-state index >= 15 is 0 Å². The first-order chi connectivity index (χ1) is 11.7. The van der Waals surface area contributed by atoms with Gasteiger partial charge in [0, 0.05) is 12.6 Å². The summed E-state index contributed by atoms with van der Waals surface area (Å²) in [6, 6.07) is 3.16. The zero-order valence-corrected chi connectivity index (χ0v) is 13.8. The van der Waals surface area contributed by atoms with Gasteiger partial charge in [0.25, 0.3) is 21.6 Å². The normalized spacial score (nSPS) is 11.4. The molecule has 0 bridgehead atoms. The van der Waals surface area contributed by atoms with Crippen molar-refractivity contribution in [3.05, 3.63) is 38.4 Å². The largest absolute Gasteiger partial charge is 0.290 e. The van der Waals surface area contributed by atoms with Gasteiger partial charge in [-0.3, -0.25) is 20.2 Å². The van der Waals surface area contributed by atoms with Gasteiger partial charge in [-0.05, 0) is 28.3 Å². The molecule has 25 heavy (non-hydrogen) atoms. The number of rotatable bonds is 8. The van der Waals surface area contributed by atoms with Crippen LogP contribution in [0.2, 0.25) is 0 Å². The highest BCUT2D eigenvalue weighted by molar-refractivity contribution is 7.99. The molecule has 0 radical (unpaired) electrons. The summed E-state index contributed by atoms with van der Waals surface area (Å²) in [7, 11) is -3.87. The standard InChI is InChI=1S/C9H10N8O6S2/c10-25(22,23)11-3-4-15-9(12-13-14-15)24-8-2-1-6(16(18)19)5-7(8)17(20)21/h1-2,5,11H,3-4H2,(H2,10,22,23). The van der Waals surface area contributed by atoms with Crippen molar-refractivity contribution in [3.8, 4) is 0 Å². The average molecular weight is 390 g/mol. The molecule has 0 saturated heterocycles. The van der Waals surface area contributed by atoms with Gasteiger partial charge in [0.2, 0.25) is 5.16 Å². The summed E-state index contributed by atoms with van der Waals surface area (Å²) in [6.45, 7) is -0.0771. The van der Waals surface area contributed by atoms with E-state index in [1.165, 1.54) is 10.7 Å². The van der Waals surface area contributed by atoms with Gasteiger partial charge in [0.1, 0.15) is 0 Å². The summed E-state index contributed by atoms with van der Waals surface area (Å²) < 4.78 is 24.9.